The molecular weight excluding hydrogens is 449 g/mol. The van der Waals surface area contributed by atoms with Crippen LogP contribution in [0.5, 0.6) is 0 Å². The molecule has 1 aromatic heterocycles. The molecule has 3 rings (SSSR count). The second-order valence-electron chi connectivity index (χ2n) is 6.84. The molecule has 2 heterocycles. The second-order valence-corrected chi connectivity index (χ2v) is 6.84. The fourth-order valence-corrected chi connectivity index (χ4v) is 3.28. The smallest absolute Gasteiger partial charge is 0.191 e. The van der Waals surface area contributed by atoms with Gasteiger partial charge in [-0.15, -0.1) is 24.0 Å². The molecule has 0 aliphatic carbocycles. The van der Waals surface area contributed by atoms with Gasteiger partial charge in [0.1, 0.15) is 5.82 Å². The summed E-state index contributed by atoms with van der Waals surface area (Å²) in [5.41, 5.74) is 3.75. The number of benzene rings is 1. The van der Waals surface area contributed by atoms with Gasteiger partial charge in [-0.3, -0.25) is 4.99 Å². The molecule has 0 unspecified atom stereocenters. The van der Waals surface area contributed by atoms with Gasteiger partial charge in [0.25, 0.3) is 0 Å². The lowest BCUT2D eigenvalue weighted by atomic mass is 10.1. The van der Waals surface area contributed by atoms with E-state index in [0.717, 1.165) is 38.0 Å². The molecule has 27 heavy (non-hydrogen) atoms. The van der Waals surface area contributed by atoms with Crippen molar-refractivity contribution in [2.24, 2.45) is 4.99 Å². The van der Waals surface area contributed by atoms with Crippen LogP contribution in [0.1, 0.15) is 36.0 Å². The zero-order valence-corrected chi connectivity index (χ0v) is 18.6. The van der Waals surface area contributed by atoms with Crippen LogP contribution in [-0.2, 0) is 13.1 Å². The molecule has 1 fully saturated rings. The summed E-state index contributed by atoms with van der Waals surface area (Å²) in [6.07, 6.45) is 5.77. The van der Waals surface area contributed by atoms with E-state index in [-0.39, 0.29) is 24.0 Å². The van der Waals surface area contributed by atoms with Crippen LogP contribution in [0.2, 0.25) is 0 Å². The van der Waals surface area contributed by atoms with Crippen LogP contribution in [0.3, 0.4) is 0 Å². The van der Waals surface area contributed by atoms with Crippen molar-refractivity contribution in [3.8, 4) is 0 Å². The van der Waals surface area contributed by atoms with Crippen molar-refractivity contribution in [2.75, 3.05) is 25.0 Å². The quantitative estimate of drug-likeness (QED) is 0.389. The van der Waals surface area contributed by atoms with Gasteiger partial charge in [-0.05, 0) is 49.4 Å². The number of nitrogens with zero attached hydrogens (tertiary/aromatic N) is 3. The van der Waals surface area contributed by atoms with Gasteiger partial charge in [-0.1, -0.05) is 29.8 Å². The topological polar surface area (TPSA) is 52.6 Å². The van der Waals surface area contributed by atoms with Gasteiger partial charge in [0, 0.05) is 39.4 Å². The number of aliphatic imine (C=N–C) groups is 1. The molecule has 1 aliphatic rings. The number of piperidine rings is 1. The Balaban J connectivity index is 0.00000261. The third-order valence-corrected chi connectivity index (χ3v) is 4.72. The van der Waals surface area contributed by atoms with E-state index < -0.39 is 0 Å². The van der Waals surface area contributed by atoms with Gasteiger partial charge in [-0.25, -0.2) is 4.98 Å². The first-order chi connectivity index (χ1) is 12.7. The average molecular weight is 479 g/mol. The number of hydrogen-bond donors (Lipinski definition) is 2. The van der Waals surface area contributed by atoms with Gasteiger partial charge in [0.05, 0.1) is 0 Å². The minimum Gasteiger partial charge on any atom is -0.357 e. The number of hydrogen-bond acceptors (Lipinski definition) is 3. The lowest BCUT2D eigenvalue weighted by molar-refractivity contribution is 0.573. The molecule has 1 saturated heterocycles. The number of pyridine rings is 1. The molecule has 0 atom stereocenters. The number of halogens is 1. The van der Waals surface area contributed by atoms with Crippen LogP contribution in [-0.4, -0.2) is 31.1 Å². The summed E-state index contributed by atoms with van der Waals surface area (Å²) < 4.78 is 0. The fourth-order valence-electron chi connectivity index (χ4n) is 3.28. The largest absolute Gasteiger partial charge is 0.357 e. The molecule has 0 radical (unpaired) electrons. The van der Waals surface area contributed by atoms with E-state index in [9.17, 15) is 0 Å². The number of guanidine groups is 1. The van der Waals surface area contributed by atoms with Crippen LogP contribution in [0, 0.1) is 6.92 Å². The molecule has 0 bridgehead atoms. The Bertz CT molecular complexity index is 741. The Morgan fingerprint density at radius 1 is 1.04 bits per heavy atom. The highest BCUT2D eigenvalue weighted by atomic mass is 127. The predicted octanol–water partition coefficient (Wildman–Crippen LogP) is 3.86. The Labute approximate surface area is 179 Å². The van der Waals surface area contributed by atoms with Crippen LogP contribution < -0.4 is 15.5 Å². The molecule has 0 saturated carbocycles. The van der Waals surface area contributed by atoms with Crippen LogP contribution >= 0.6 is 24.0 Å². The number of aryl methyl sites for hydroxylation is 1. The van der Waals surface area contributed by atoms with E-state index >= 15 is 0 Å². The number of aromatic nitrogens is 1. The van der Waals surface area contributed by atoms with E-state index in [1.807, 2.05) is 6.20 Å². The predicted molar refractivity (Wildman–Crippen MR) is 124 cm³/mol. The summed E-state index contributed by atoms with van der Waals surface area (Å²) >= 11 is 0. The normalized spacial score (nSPS) is 14.4. The first-order valence-electron chi connectivity index (χ1n) is 9.44. The number of anilines is 1. The van der Waals surface area contributed by atoms with Gasteiger partial charge in [-0.2, -0.15) is 0 Å². The minimum absolute atomic E-state index is 0. The first-order valence-corrected chi connectivity index (χ1v) is 9.44. The van der Waals surface area contributed by atoms with Gasteiger partial charge >= 0.3 is 0 Å². The van der Waals surface area contributed by atoms with Crippen molar-refractivity contribution < 1.29 is 0 Å². The zero-order chi connectivity index (χ0) is 18.2. The number of rotatable bonds is 5. The van der Waals surface area contributed by atoms with E-state index in [0.29, 0.717) is 0 Å². The molecule has 2 aromatic rings. The Hall–Kier alpha value is -1.83. The fraction of sp³-hybridized carbons (Fsp3) is 0.429. The third kappa shape index (κ3) is 6.68. The highest BCUT2D eigenvalue weighted by molar-refractivity contribution is 14.0. The zero-order valence-electron chi connectivity index (χ0n) is 16.2. The molecule has 5 nitrogen and oxygen atoms in total. The summed E-state index contributed by atoms with van der Waals surface area (Å²) in [7, 11) is 1.80. The van der Waals surface area contributed by atoms with E-state index in [1.165, 1.54) is 36.0 Å². The Morgan fingerprint density at radius 3 is 2.41 bits per heavy atom. The van der Waals surface area contributed by atoms with Crippen LogP contribution in [0.25, 0.3) is 0 Å². The lowest BCUT2D eigenvalue weighted by Gasteiger charge is -2.28. The summed E-state index contributed by atoms with van der Waals surface area (Å²) in [4.78, 5) is 11.3. The maximum absolute atomic E-state index is 4.55. The second kappa shape index (κ2) is 11.1. The van der Waals surface area contributed by atoms with E-state index in [1.54, 1.807) is 7.05 Å². The highest BCUT2D eigenvalue weighted by Crippen LogP contribution is 2.18. The SMILES string of the molecule is CN=C(NCc1cccc(C)c1)NCc1ccnc(N2CCCCC2)c1.I. The van der Waals surface area contributed by atoms with Crippen molar-refractivity contribution in [3.63, 3.8) is 0 Å². The van der Waals surface area contributed by atoms with Crippen LogP contribution in [0.4, 0.5) is 5.82 Å². The van der Waals surface area contributed by atoms with Gasteiger partial charge in [0.15, 0.2) is 5.96 Å². The summed E-state index contributed by atoms with van der Waals surface area (Å²) in [5, 5.41) is 6.77. The first kappa shape index (κ1) is 21.5. The van der Waals surface area contributed by atoms with Crippen molar-refractivity contribution in [1.82, 2.24) is 15.6 Å². The third-order valence-electron chi connectivity index (χ3n) is 4.72. The highest BCUT2D eigenvalue weighted by Gasteiger charge is 2.12. The van der Waals surface area contributed by atoms with Crippen molar-refractivity contribution in [1.29, 1.82) is 0 Å². The molecule has 6 heteroatoms. The molecule has 0 spiro atoms. The molecule has 146 valence electrons. The molecule has 1 aromatic carbocycles. The summed E-state index contributed by atoms with van der Waals surface area (Å²) in [6.45, 7) is 5.83. The Kier molecular flexibility index (Phi) is 8.84. The van der Waals surface area contributed by atoms with Gasteiger partial charge in [0.2, 0.25) is 0 Å². The maximum atomic E-state index is 4.55. The van der Waals surface area contributed by atoms with E-state index in [2.05, 4.69) is 68.8 Å². The van der Waals surface area contributed by atoms with Crippen molar-refractivity contribution >= 4 is 35.8 Å². The van der Waals surface area contributed by atoms with E-state index in [4.69, 9.17) is 0 Å². The average Bonchev–Trinajstić information content (AvgIpc) is 2.69. The summed E-state index contributed by atoms with van der Waals surface area (Å²) in [5.74, 6) is 1.90. The monoisotopic (exact) mass is 479 g/mol. The van der Waals surface area contributed by atoms with Crippen LogP contribution in [0.15, 0.2) is 47.6 Å². The summed E-state index contributed by atoms with van der Waals surface area (Å²) in [6, 6.07) is 12.8. The number of nitrogens with one attached hydrogen (secondary N) is 2. The van der Waals surface area contributed by atoms with Crippen molar-refractivity contribution in [3.05, 3.63) is 59.3 Å². The molecule has 0 amide bonds. The molecule has 2 N–H and O–H groups in total. The molecular formula is C21H30IN5. The Morgan fingerprint density at radius 2 is 1.74 bits per heavy atom. The maximum Gasteiger partial charge on any atom is 0.191 e. The van der Waals surface area contributed by atoms with Gasteiger partial charge < -0.3 is 15.5 Å². The molecule has 1 aliphatic heterocycles. The minimum atomic E-state index is 0. The lowest BCUT2D eigenvalue weighted by Crippen LogP contribution is -2.36. The van der Waals surface area contributed by atoms with Crippen molar-refractivity contribution in [2.45, 2.75) is 39.3 Å². The standard InChI is InChI=1S/C21H29N5.HI/c1-17-7-6-8-18(13-17)15-24-21(22-2)25-16-19-9-10-23-20(14-19)26-11-4-3-5-12-26;/h6-10,13-14H,3-5,11-12,15-16H2,1-2H3,(H2,22,24,25);1H.